The van der Waals surface area contributed by atoms with E-state index in [-0.39, 0.29) is 12.4 Å². The van der Waals surface area contributed by atoms with E-state index in [2.05, 4.69) is 9.72 Å². The summed E-state index contributed by atoms with van der Waals surface area (Å²) in [7, 11) is 1.32. The molecule has 0 aromatic carbocycles. The fraction of sp³-hybridized carbons (Fsp3) is 0.333. The lowest BCUT2D eigenvalue weighted by Crippen LogP contribution is -2.17. The molecule has 0 spiro atoms. The molecule has 0 unspecified atom stereocenters. The Morgan fingerprint density at radius 1 is 1.79 bits per heavy atom. The van der Waals surface area contributed by atoms with Crippen molar-refractivity contribution in [2.75, 3.05) is 7.11 Å². The highest BCUT2D eigenvalue weighted by Crippen LogP contribution is 2.15. The highest BCUT2D eigenvalue weighted by Gasteiger charge is 2.12. The molecule has 0 saturated carbocycles. The van der Waals surface area contributed by atoms with Gasteiger partial charge in [-0.25, -0.2) is 0 Å². The van der Waals surface area contributed by atoms with Crippen LogP contribution in [0.2, 0.25) is 5.02 Å². The largest absolute Gasteiger partial charge is 0.469 e. The fourth-order valence-electron chi connectivity index (χ4n) is 0.991. The first-order chi connectivity index (χ1) is 6.63. The number of ether oxygens (including phenoxy) is 1. The van der Waals surface area contributed by atoms with Crippen LogP contribution in [-0.4, -0.2) is 18.1 Å². The maximum absolute atomic E-state index is 10.9. The number of nitrogens with zero attached hydrogens (tertiary/aromatic N) is 1. The summed E-state index contributed by atoms with van der Waals surface area (Å²) in [5.74, 6) is -0.362. The molecule has 14 heavy (non-hydrogen) atoms. The molecule has 4 nitrogen and oxygen atoms in total. The average molecular weight is 215 g/mol. The Balaban J connectivity index is 2.69. The Morgan fingerprint density at radius 3 is 3.07 bits per heavy atom. The number of carbonyl (C=O) groups is 1. The first-order valence-electron chi connectivity index (χ1n) is 4.07. The molecule has 76 valence electrons. The average Bonchev–Trinajstić information content (AvgIpc) is 2.17. The van der Waals surface area contributed by atoms with Crippen molar-refractivity contribution >= 4 is 17.6 Å². The molecule has 1 aromatic heterocycles. The van der Waals surface area contributed by atoms with Crippen molar-refractivity contribution in [2.24, 2.45) is 5.73 Å². The van der Waals surface area contributed by atoms with E-state index in [4.69, 9.17) is 17.3 Å². The third kappa shape index (κ3) is 2.97. The number of esters is 1. The van der Waals surface area contributed by atoms with E-state index in [0.717, 1.165) is 0 Å². The van der Waals surface area contributed by atoms with Gasteiger partial charge in [0.1, 0.15) is 0 Å². The zero-order valence-electron chi connectivity index (χ0n) is 7.74. The zero-order chi connectivity index (χ0) is 10.6. The van der Waals surface area contributed by atoms with E-state index in [1.807, 2.05) is 0 Å². The van der Waals surface area contributed by atoms with Crippen molar-refractivity contribution in [3.05, 3.63) is 29.0 Å². The van der Waals surface area contributed by atoms with Crippen LogP contribution >= 0.6 is 11.6 Å². The molecule has 1 heterocycles. The number of aromatic nitrogens is 1. The van der Waals surface area contributed by atoms with Gasteiger partial charge in [0.15, 0.2) is 0 Å². The molecule has 1 atom stereocenters. The summed E-state index contributed by atoms with van der Waals surface area (Å²) in [5, 5.41) is 0.551. The molecule has 0 saturated heterocycles. The Kier molecular flexibility index (Phi) is 3.85. The van der Waals surface area contributed by atoms with Crippen LogP contribution in [0.15, 0.2) is 18.3 Å². The first kappa shape index (κ1) is 10.9. The number of carbonyl (C=O) groups excluding carboxylic acids is 1. The van der Waals surface area contributed by atoms with E-state index >= 15 is 0 Å². The molecule has 1 rings (SSSR count). The summed E-state index contributed by atoms with van der Waals surface area (Å²) in [6.45, 7) is 0. The molecule has 0 fully saturated rings. The molecule has 0 bridgehead atoms. The molecular weight excluding hydrogens is 204 g/mol. The van der Waals surface area contributed by atoms with Crippen LogP contribution in [0.1, 0.15) is 18.2 Å². The summed E-state index contributed by atoms with van der Waals surface area (Å²) >= 11 is 5.75. The number of nitrogens with two attached hydrogens (primary N) is 1. The molecule has 0 radical (unpaired) electrons. The lowest BCUT2D eigenvalue weighted by Gasteiger charge is -2.09. The van der Waals surface area contributed by atoms with E-state index in [9.17, 15) is 4.79 Å². The molecule has 5 heteroatoms. The quantitative estimate of drug-likeness (QED) is 0.771. The molecule has 0 aliphatic rings. The van der Waals surface area contributed by atoms with Gasteiger partial charge in [0.25, 0.3) is 0 Å². The number of pyridine rings is 1. The predicted molar refractivity (Wildman–Crippen MR) is 52.8 cm³/mol. The van der Waals surface area contributed by atoms with Crippen molar-refractivity contribution in [3.8, 4) is 0 Å². The van der Waals surface area contributed by atoms with Gasteiger partial charge in [0.2, 0.25) is 0 Å². The van der Waals surface area contributed by atoms with E-state index in [0.29, 0.717) is 10.7 Å². The van der Waals surface area contributed by atoms with Crippen LogP contribution in [0.4, 0.5) is 0 Å². The van der Waals surface area contributed by atoms with Crippen molar-refractivity contribution in [1.29, 1.82) is 0 Å². The monoisotopic (exact) mass is 214 g/mol. The van der Waals surface area contributed by atoms with Crippen LogP contribution in [-0.2, 0) is 9.53 Å². The summed E-state index contributed by atoms with van der Waals surface area (Å²) in [6.07, 6.45) is 1.65. The Bertz CT molecular complexity index is 330. The standard InChI is InChI=1S/C9H11ClN2O2/c1-14-9(13)5-7(11)8-4-6(10)2-3-12-8/h2-4,7H,5,11H2,1H3/t7-/m0/s1. The van der Waals surface area contributed by atoms with Gasteiger partial charge >= 0.3 is 5.97 Å². The van der Waals surface area contributed by atoms with E-state index < -0.39 is 6.04 Å². The molecule has 0 amide bonds. The minimum Gasteiger partial charge on any atom is -0.469 e. The second-order valence-electron chi connectivity index (χ2n) is 2.79. The minimum absolute atomic E-state index is 0.101. The SMILES string of the molecule is COC(=O)C[C@H](N)c1cc(Cl)ccn1. The zero-order valence-corrected chi connectivity index (χ0v) is 8.49. The third-order valence-corrected chi connectivity index (χ3v) is 1.97. The molecule has 2 N–H and O–H groups in total. The highest BCUT2D eigenvalue weighted by atomic mass is 35.5. The van der Waals surface area contributed by atoms with Crippen LogP contribution < -0.4 is 5.73 Å². The fourth-order valence-corrected chi connectivity index (χ4v) is 1.16. The topological polar surface area (TPSA) is 65.2 Å². The Labute approximate surface area is 87.0 Å². The van der Waals surface area contributed by atoms with Gasteiger partial charge in [-0.15, -0.1) is 0 Å². The van der Waals surface area contributed by atoms with E-state index in [1.165, 1.54) is 7.11 Å². The molecule has 0 aliphatic carbocycles. The van der Waals surface area contributed by atoms with Crippen molar-refractivity contribution in [3.63, 3.8) is 0 Å². The molecule has 1 aromatic rings. The summed E-state index contributed by atoms with van der Waals surface area (Å²) in [4.78, 5) is 14.9. The van der Waals surface area contributed by atoms with Crippen molar-refractivity contribution in [1.82, 2.24) is 4.98 Å². The third-order valence-electron chi connectivity index (χ3n) is 1.74. The normalized spacial score (nSPS) is 12.2. The first-order valence-corrected chi connectivity index (χ1v) is 4.45. The molecule has 0 aliphatic heterocycles. The second-order valence-corrected chi connectivity index (χ2v) is 3.22. The lowest BCUT2D eigenvalue weighted by atomic mass is 10.1. The lowest BCUT2D eigenvalue weighted by molar-refractivity contribution is -0.141. The number of halogens is 1. The van der Waals surface area contributed by atoms with Gasteiger partial charge in [-0.3, -0.25) is 9.78 Å². The van der Waals surface area contributed by atoms with Crippen LogP contribution in [0.25, 0.3) is 0 Å². The van der Waals surface area contributed by atoms with Gasteiger partial charge < -0.3 is 10.5 Å². The van der Waals surface area contributed by atoms with E-state index in [1.54, 1.807) is 18.3 Å². The van der Waals surface area contributed by atoms with Gasteiger partial charge in [-0.05, 0) is 12.1 Å². The minimum atomic E-state index is -0.471. The van der Waals surface area contributed by atoms with Crippen molar-refractivity contribution < 1.29 is 9.53 Å². The Morgan fingerprint density at radius 2 is 2.50 bits per heavy atom. The maximum Gasteiger partial charge on any atom is 0.307 e. The number of hydrogen-bond donors (Lipinski definition) is 1. The predicted octanol–water partition coefficient (Wildman–Crippen LogP) is 1.30. The highest BCUT2D eigenvalue weighted by molar-refractivity contribution is 6.30. The summed E-state index contributed by atoms with van der Waals surface area (Å²) in [5.41, 5.74) is 6.30. The van der Waals surface area contributed by atoms with Crippen LogP contribution in [0.5, 0.6) is 0 Å². The van der Waals surface area contributed by atoms with Crippen LogP contribution in [0.3, 0.4) is 0 Å². The Hall–Kier alpha value is -1.13. The van der Waals surface area contributed by atoms with Gasteiger partial charge in [-0.2, -0.15) is 0 Å². The smallest absolute Gasteiger partial charge is 0.307 e. The van der Waals surface area contributed by atoms with Gasteiger partial charge in [0, 0.05) is 11.2 Å². The van der Waals surface area contributed by atoms with Gasteiger partial charge in [0.05, 0.1) is 25.3 Å². The molecular formula is C9H11ClN2O2. The number of hydrogen-bond acceptors (Lipinski definition) is 4. The second kappa shape index (κ2) is 4.93. The summed E-state index contributed by atoms with van der Waals surface area (Å²) < 4.78 is 4.49. The van der Waals surface area contributed by atoms with Crippen LogP contribution in [0, 0.1) is 0 Å². The number of methoxy groups -OCH3 is 1. The number of rotatable bonds is 3. The summed E-state index contributed by atoms with van der Waals surface area (Å²) in [6, 6.07) is 2.81. The maximum atomic E-state index is 10.9. The van der Waals surface area contributed by atoms with Crippen molar-refractivity contribution in [2.45, 2.75) is 12.5 Å². The van der Waals surface area contributed by atoms with Gasteiger partial charge in [-0.1, -0.05) is 11.6 Å².